The molecule has 1 N–H and O–H groups in total. The van der Waals surface area contributed by atoms with Crippen LogP contribution in [0.15, 0.2) is 41.5 Å². The summed E-state index contributed by atoms with van der Waals surface area (Å²) < 4.78 is 23.2. The summed E-state index contributed by atoms with van der Waals surface area (Å²) in [4.78, 5) is 12.0. The lowest BCUT2D eigenvalue weighted by Gasteiger charge is -2.08. The number of amides is 1. The summed E-state index contributed by atoms with van der Waals surface area (Å²) in [7, 11) is 2.99. The highest BCUT2D eigenvalue weighted by atomic mass is 35.5. The van der Waals surface area contributed by atoms with Gasteiger partial charge in [-0.3, -0.25) is 4.79 Å². The number of carbonyl (C=O) groups is 1. The number of rotatable bonds is 5. The van der Waals surface area contributed by atoms with Gasteiger partial charge >= 0.3 is 0 Å². The van der Waals surface area contributed by atoms with Crippen LogP contribution < -0.4 is 14.9 Å². The molecule has 2 aromatic carbocycles. The Balaban J connectivity index is 2.08. The van der Waals surface area contributed by atoms with Crippen LogP contribution in [0, 0.1) is 5.82 Å². The zero-order chi connectivity index (χ0) is 16.8. The molecule has 5 nitrogen and oxygen atoms in total. The van der Waals surface area contributed by atoms with Gasteiger partial charge in [0.25, 0.3) is 5.91 Å². The van der Waals surface area contributed by atoms with Gasteiger partial charge in [0.2, 0.25) is 0 Å². The fourth-order valence-corrected chi connectivity index (χ4v) is 2.02. The first-order chi connectivity index (χ1) is 11.0. The van der Waals surface area contributed by atoms with Gasteiger partial charge in [-0.2, -0.15) is 5.10 Å². The van der Waals surface area contributed by atoms with Crippen molar-refractivity contribution in [3.63, 3.8) is 0 Å². The van der Waals surface area contributed by atoms with Crippen LogP contribution in [0.5, 0.6) is 11.5 Å². The monoisotopic (exact) mass is 336 g/mol. The lowest BCUT2D eigenvalue weighted by molar-refractivity contribution is 0.0954. The van der Waals surface area contributed by atoms with Crippen LogP contribution in [0.3, 0.4) is 0 Å². The number of hydrogen-bond donors (Lipinski definition) is 1. The Morgan fingerprint density at radius 2 is 1.91 bits per heavy atom. The van der Waals surface area contributed by atoms with E-state index in [1.807, 2.05) is 0 Å². The first-order valence-electron chi connectivity index (χ1n) is 6.55. The summed E-state index contributed by atoms with van der Waals surface area (Å²) >= 11 is 5.86. The number of hydrazone groups is 1. The van der Waals surface area contributed by atoms with Crippen LogP contribution in [0.2, 0.25) is 5.02 Å². The van der Waals surface area contributed by atoms with Crippen molar-refractivity contribution in [2.45, 2.75) is 0 Å². The highest BCUT2D eigenvalue weighted by Crippen LogP contribution is 2.27. The predicted molar refractivity (Wildman–Crippen MR) is 86.0 cm³/mol. The molecule has 0 heterocycles. The molecule has 0 radical (unpaired) electrons. The second kappa shape index (κ2) is 7.60. The molecule has 0 atom stereocenters. The van der Waals surface area contributed by atoms with Gasteiger partial charge in [-0.25, -0.2) is 9.82 Å². The summed E-state index contributed by atoms with van der Waals surface area (Å²) in [6, 6.07) is 8.62. The lowest BCUT2D eigenvalue weighted by Crippen LogP contribution is -2.17. The van der Waals surface area contributed by atoms with Crippen LogP contribution in [-0.4, -0.2) is 26.3 Å². The molecule has 0 aromatic heterocycles. The maximum Gasteiger partial charge on any atom is 0.271 e. The molecule has 1 amide bonds. The smallest absolute Gasteiger partial charge is 0.271 e. The zero-order valence-corrected chi connectivity index (χ0v) is 13.2. The number of carbonyl (C=O) groups excluding carboxylic acids is 1. The number of benzene rings is 2. The number of halogens is 2. The normalized spacial score (nSPS) is 10.6. The molecule has 0 bridgehead atoms. The molecule has 23 heavy (non-hydrogen) atoms. The Kier molecular flexibility index (Phi) is 5.54. The van der Waals surface area contributed by atoms with Gasteiger partial charge in [-0.1, -0.05) is 11.6 Å². The van der Waals surface area contributed by atoms with Crippen molar-refractivity contribution in [1.82, 2.24) is 5.43 Å². The SMILES string of the molecule is COc1ccc(C(=O)N/N=C/c2ccc(F)cc2Cl)cc1OC. The number of methoxy groups -OCH3 is 2. The second-order valence-electron chi connectivity index (χ2n) is 4.43. The fraction of sp³-hybridized carbons (Fsp3) is 0.125. The van der Waals surface area contributed by atoms with Crippen LogP contribution in [-0.2, 0) is 0 Å². The topological polar surface area (TPSA) is 59.9 Å². The maximum absolute atomic E-state index is 12.9. The van der Waals surface area contributed by atoms with E-state index in [2.05, 4.69) is 10.5 Å². The minimum absolute atomic E-state index is 0.203. The lowest BCUT2D eigenvalue weighted by atomic mass is 10.2. The van der Waals surface area contributed by atoms with Gasteiger partial charge in [-0.05, 0) is 36.4 Å². The highest BCUT2D eigenvalue weighted by molar-refractivity contribution is 6.33. The molecule has 0 fully saturated rings. The first-order valence-corrected chi connectivity index (χ1v) is 6.93. The van der Waals surface area contributed by atoms with Crippen molar-refractivity contribution in [3.8, 4) is 11.5 Å². The molecular weight excluding hydrogens is 323 g/mol. The van der Waals surface area contributed by atoms with Crippen molar-refractivity contribution in [2.75, 3.05) is 14.2 Å². The molecule has 0 aliphatic heterocycles. The van der Waals surface area contributed by atoms with E-state index in [9.17, 15) is 9.18 Å². The van der Waals surface area contributed by atoms with Crippen LogP contribution in [0.1, 0.15) is 15.9 Å². The molecule has 0 saturated heterocycles. The van der Waals surface area contributed by atoms with Crippen molar-refractivity contribution >= 4 is 23.7 Å². The van der Waals surface area contributed by atoms with E-state index < -0.39 is 11.7 Å². The molecule has 120 valence electrons. The van der Waals surface area contributed by atoms with Crippen LogP contribution in [0.4, 0.5) is 4.39 Å². The van der Waals surface area contributed by atoms with E-state index in [1.165, 1.54) is 44.7 Å². The van der Waals surface area contributed by atoms with E-state index in [1.54, 1.807) is 12.1 Å². The quantitative estimate of drug-likeness (QED) is 0.673. The van der Waals surface area contributed by atoms with E-state index in [4.69, 9.17) is 21.1 Å². The van der Waals surface area contributed by atoms with Crippen molar-refractivity contribution in [3.05, 3.63) is 58.4 Å². The van der Waals surface area contributed by atoms with E-state index in [0.717, 1.165) is 0 Å². The molecule has 0 spiro atoms. The standard InChI is InChI=1S/C16H14ClFN2O3/c1-22-14-6-4-10(7-15(14)23-2)16(21)20-19-9-11-3-5-12(18)8-13(11)17/h3-9H,1-2H3,(H,20,21)/b19-9+. The third-order valence-electron chi connectivity index (χ3n) is 2.98. The summed E-state index contributed by atoms with van der Waals surface area (Å²) in [6.07, 6.45) is 1.33. The molecule has 0 aliphatic carbocycles. The Morgan fingerprint density at radius 3 is 2.57 bits per heavy atom. The molecule has 0 unspecified atom stereocenters. The number of nitrogens with zero attached hydrogens (tertiary/aromatic N) is 1. The van der Waals surface area contributed by atoms with Crippen molar-refractivity contribution < 1.29 is 18.7 Å². The van der Waals surface area contributed by atoms with Crippen molar-refractivity contribution in [2.24, 2.45) is 5.10 Å². The Hall–Kier alpha value is -2.60. The minimum Gasteiger partial charge on any atom is -0.493 e. The third kappa shape index (κ3) is 4.20. The highest BCUT2D eigenvalue weighted by Gasteiger charge is 2.10. The van der Waals surface area contributed by atoms with Gasteiger partial charge < -0.3 is 9.47 Å². The maximum atomic E-state index is 12.9. The Labute approximate surface area is 137 Å². The molecule has 0 saturated carbocycles. The van der Waals surface area contributed by atoms with E-state index in [-0.39, 0.29) is 5.02 Å². The summed E-state index contributed by atoms with van der Waals surface area (Å²) in [5, 5.41) is 4.01. The average Bonchev–Trinajstić information content (AvgIpc) is 2.56. The average molecular weight is 337 g/mol. The Bertz CT molecular complexity index is 750. The van der Waals surface area contributed by atoms with Gasteiger partial charge in [-0.15, -0.1) is 0 Å². The number of nitrogens with one attached hydrogen (secondary N) is 1. The summed E-state index contributed by atoms with van der Waals surface area (Å²) in [6.45, 7) is 0. The predicted octanol–water partition coefficient (Wildman–Crippen LogP) is 3.26. The van der Waals surface area contributed by atoms with Gasteiger partial charge in [0.15, 0.2) is 11.5 Å². The van der Waals surface area contributed by atoms with Gasteiger partial charge in [0.05, 0.1) is 25.5 Å². The van der Waals surface area contributed by atoms with E-state index in [0.29, 0.717) is 22.6 Å². The molecule has 0 aliphatic rings. The first kappa shape index (κ1) is 16.8. The van der Waals surface area contributed by atoms with Crippen LogP contribution >= 0.6 is 11.6 Å². The summed E-state index contributed by atoms with van der Waals surface area (Å²) in [5.41, 5.74) is 3.20. The minimum atomic E-state index is -0.443. The number of ether oxygens (including phenoxy) is 2. The van der Waals surface area contributed by atoms with Gasteiger partial charge in [0.1, 0.15) is 5.82 Å². The van der Waals surface area contributed by atoms with Gasteiger partial charge in [0, 0.05) is 11.1 Å². The molecule has 7 heteroatoms. The van der Waals surface area contributed by atoms with E-state index >= 15 is 0 Å². The van der Waals surface area contributed by atoms with Crippen LogP contribution in [0.25, 0.3) is 0 Å². The second-order valence-corrected chi connectivity index (χ2v) is 4.84. The number of hydrogen-bond acceptors (Lipinski definition) is 4. The summed E-state index contributed by atoms with van der Waals surface area (Å²) in [5.74, 6) is 0.0818. The van der Waals surface area contributed by atoms with Crippen molar-refractivity contribution in [1.29, 1.82) is 0 Å². The largest absolute Gasteiger partial charge is 0.493 e. The molecule has 2 aromatic rings. The molecular formula is C16H14ClFN2O3. The fourth-order valence-electron chi connectivity index (χ4n) is 1.81. The zero-order valence-electron chi connectivity index (χ0n) is 12.5. The molecule has 2 rings (SSSR count). The third-order valence-corrected chi connectivity index (χ3v) is 3.31. The Morgan fingerprint density at radius 1 is 1.17 bits per heavy atom.